The Hall–Kier alpha value is -1.59. The predicted octanol–water partition coefficient (Wildman–Crippen LogP) is 0.771. The van der Waals surface area contributed by atoms with Gasteiger partial charge in [-0.2, -0.15) is 0 Å². The number of rotatable bonds is 4. The molecule has 104 valence electrons. The second-order valence-electron chi connectivity index (χ2n) is 4.66. The Morgan fingerprint density at radius 3 is 2.84 bits per heavy atom. The Bertz CT molecular complexity index is 419. The Morgan fingerprint density at radius 1 is 1.47 bits per heavy atom. The van der Waals surface area contributed by atoms with Crippen molar-refractivity contribution in [2.45, 2.75) is 19.6 Å². The van der Waals surface area contributed by atoms with Gasteiger partial charge in [-0.3, -0.25) is 4.79 Å². The molecule has 19 heavy (non-hydrogen) atoms. The summed E-state index contributed by atoms with van der Waals surface area (Å²) in [7, 11) is 0. The molecule has 5 nitrogen and oxygen atoms in total. The van der Waals surface area contributed by atoms with Gasteiger partial charge in [0.25, 0.3) is 5.91 Å². The summed E-state index contributed by atoms with van der Waals surface area (Å²) in [5.41, 5.74) is 6.56. The fraction of sp³-hybridized carbons (Fsp3) is 0.500. The van der Waals surface area contributed by atoms with Crippen LogP contribution in [0.25, 0.3) is 0 Å². The van der Waals surface area contributed by atoms with Gasteiger partial charge < -0.3 is 20.1 Å². The van der Waals surface area contributed by atoms with E-state index in [-0.39, 0.29) is 18.6 Å². The van der Waals surface area contributed by atoms with Gasteiger partial charge >= 0.3 is 0 Å². The maximum atomic E-state index is 12.0. The van der Waals surface area contributed by atoms with Crippen molar-refractivity contribution in [3.8, 4) is 5.75 Å². The van der Waals surface area contributed by atoms with Gasteiger partial charge in [-0.1, -0.05) is 12.1 Å². The lowest BCUT2D eigenvalue weighted by molar-refractivity contribution is -0.140. The van der Waals surface area contributed by atoms with E-state index in [1.54, 1.807) is 4.90 Å². The van der Waals surface area contributed by atoms with Crippen LogP contribution in [0.5, 0.6) is 5.75 Å². The fourth-order valence-electron chi connectivity index (χ4n) is 2.00. The second kappa shape index (κ2) is 6.54. The lowest BCUT2D eigenvalue weighted by Gasteiger charge is -2.31. The molecule has 0 radical (unpaired) electrons. The average Bonchev–Trinajstić information content (AvgIpc) is 2.45. The van der Waals surface area contributed by atoms with E-state index in [9.17, 15) is 4.79 Å². The van der Waals surface area contributed by atoms with Crippen molar-refractivity contribution >= 4 is 5.91 Å². The van der Waals surface area contributed by atoms with Crippen LogP contribution < -0.4 is 10.5 Å². The molecular formula is C14H20N2O3. The van der Waals surface area contributed by atoms with E-state index < -0.39 is 0 Å². The third-order valence-corrected chi connectivity index (χ3v) is 3.12. The van der Waals surface area contributed by atoms with Gasteiger partial charge in [0.05, 0.1) is 12.7 Å². The van der Waals surface area contributed by atoms with Crippen LogP contribution in [0.3, 0.4) is 0 Å². The van der Waals surface area contributed by atoms with E-state index in [0.717, 1.165) is 5.56 Å². The quantitative estimate of drug-likeness (QED) is 0.872. The van der Waals surface area contributed by atoms with Gasteiger partial charge in [0.2, 0.25) is 0 Å². The van der Waals surface area contributed by atoms with Crippen molar-refractivity contribution in [2.75, 3.05) is 26.3 Å². The first-order chi connectivity index (χ1) is 9.19. The van der Waals surface area contributed by atoms with Crippen LogP contribution >= 0.6 is 0 Å². The molecule has 2 rings (SSSR count). The summed E-state index contributed by atoms with van der Waals surface area (Å²) in [5, 5.41) is 0. The summed E-state index contributed by atoms with van der Waals surface area (Å²) in [6.45, 7) is 4.40. The Balaban J connectivity index is 1.82. The summed E-state index contributed by atoms with van der Waals surface area (Å²) < 4.78 is 10.9. The summed E-state index contributed by atoms with van der Waals surface area (Å²) in [5.74, 6) is 0.685. The zero-order valence-electron chi connectivity index (χ0n) is 11.2. The number of carbonyl (C=O) groups excluding carboxylic acids is 1. The SMILES string of the molecule is CC1CN(C(=O)COc2ccc(CN)cc2)CCO1. The summed E-state index contributed by atoms with van der Waals surface area (Å²) in [6.07, 6.45) is 0.0986. The van der Waals surface area contributed by atoms with Crippen molar-refractivity contribution in [3.05, 3.63) is 29.8 Å². The average molecular weight is 264 g/mol. The van der Waals surface area contributed by atoms with Crippen LogP contribution in [-0.4, -0.2) is 43.2 Å². The molecule has 0 saturated carbocycles. The highest BCUT2D eigenvalue weighted by molar-refractivity contribution is 5.77. The molecule has 1 saturated heterocycles. The highest BCUT2D eigenvalue weighted by atomic mass is 16.5. The van der Waals surface area contributed by atoms with Crippen molar-refractivity contribution in [3.63, 3.8) is 0 Å². The summed E-state index contributed by atoms with van der Waals surface area (Å²) >= 11 is 0. The van der Waals surface area contributed by atoms with Crippen LogP contribution in [0.15, 0.2) is 24.3 Å². The molecule has 1 aromatic carbocycles. The molecule has 0 bridgehead atoms. The Kier molecular flexibility index (Phi) is 4.76. The van der Waals surface area contributed by atoms with Crippen LogP contribution in [0.2, 0.25) is 0 Å². The highest BCUT2D eigenvalue weighted by Gasteiger charge is 2.21. The van der Waals surface area contributed by atoms with Gasteiger partial charge in [-0.25, -0.2) is 0 Å². The molecule has 1 heterocycles. The van der Waals surface area contributed by atoms with Crippen molar-refractivity contribution in [1.29, 1.82) is 0 Å². The third kappa shape index (κ3) is 3.94. The van der Waals surface area contributed by atoms with Gasteiger partial charge in [-0.15, -0.1) is 0 Å². The molecule has 1 fully saturated rings. The molecule has 5 heteroatoms. The van der Waals surface area contributed by atoms with Crippen molar-refractivity contribution in [1.82, 2.24) is 4.90 Å². The molecule has 1 aromatic rings. The first-order valence-electron chi connectivity index (χ1n) is 6.50. The van der Waals surface area contributed by atoms with Crippen molar-refractivity contribution < 1.29 is 14.3 Å². The molecule has 0 spiro atoms. The zero-order chi connectivity index (χ0) is 13.7. The highest BCUT2D eigenvalue weighted by Crippen LogP contribution is 2.12. The number of hydrogen-bond acceptors (Lipinski definition) is 4. The van der Waals surface area contributed by atoms with E-state index in [0.29, 0.717) is 32.0 Å². The van der Waals surface area contributed by atoms with E-state index in [1.165, 1.54) is 0 Å². The molecular weight excluding hydrogens is 244 g/mol. The molecule has 0 aliphatic carbocycles. The zero-order valence-corrected chi connectivity index (χ0v) is 11.2. The topological polar surface area (TPSA) is 64.8 Å². The third-order valence-electron chi connectivity index (χ3n) is 3.12. The van der Waals surface area contributed by atoms with E-state index in [4.69, 9.17) is 15.2 Å². The Morgan fingerprint density at radius 2 is 2.21 bits per heavy atom. The number of ether oxygens (including phenoxy) is 2. The number of nitrogens with two attached hydrogens (primary N) is 1. The maximum absolute atomic E-state index is 12.0. The molecule has 1 atom stereocenters. The van der Waals surface area contributed by atoms with Crippen LogP contribution in [-0.2, 0) is 16.1 Å². The molecule has 1 unspecified atom stereocenters. The molecule has 1 aliphatic rings. The minimum atomic E-state index is -0.00180. The molecule has 1 amide bonds. The fourth-order valence-corrected chi connectivity index (χ4v) is 2.00. The lowest BCUT2D eigenvalue weighted by atomic mass is 10.2. The molecule has 2 N–H and O–H groups in total. The Labute approximate surface area is 113 Å². The van der Waals surface area contributed by atoms with E-state index in [2.05, 4.69) is 0 Å². The largest absolute Gasteiger partial charge is 0.484 e. The summed E-state index contributed by atoms with van der Waals surface area (Å²) in [4.78, 5) is 13.7. The van der Waals surface area contributed by atoms with Crippen LogP contribution in [0, 0.1) is 0 Å². The minimum Gasteiger partial charge on any atom is -0.484 e. The predicted molar refractivity (Wildman–Crippen MR) is 71.8 cm³/mol. The van der Waals surface area contributed by atoms with Gasteiger partial charge in [0.1, 0.15) is 5.75 Å². The summed E-state index contributed by atoms with van der Waals surface area (Å²) in [6, 6.07) is 7.46. The van der Waals surface area contributed by atoms with Gasteiger partial charge in [0.15, 0.2) is 6.61 Å². The number of morpholine rings is 1. The number of carbonyl (C=O) groups is 1. The maximum Gasteiger partial charge on any atom is 0.260 e. The van der Waals surface area contributed by atoms with Crippen LogP contribution in [0.4, 0.5) is 0 Å². The molecule has 1 aliphatic heterocycles. The van der Waals surface area contributed by atoms with Crippen molar-refractivity contribution in [2.24, 2.45) is 5.73 Å². The number of amides is 1. The second-order valence-corrected chi connectivity index (χ2v) is 4.66. The first-order valence-corrected chi connectivity index (χ1v) is 6.50. The first kappa shape index (κ1) is 13.8. The van der Waals surface area contributed by atoms with Gasteiger partial charge in [-0.05, 0) is 24.6 Å². The normalized spacial score (nSPS) is 19.3. The molecule has 0 aromatic heterocycles. The number of hydrogen-bond donors (Lipinski definition) is 1. The number of nitrogens with zero attached hydrogens (tertiary/aromatic N) is 1. The monoisotopic (exact) mass is 264 g/mol. The standard InChI is InChI=1S/C14H20N2O3/c1-11-9-16(6-7-18-11)14(17)10-19-13-4-2-12(8-15)3-5-13/h2-5,11H,6-10,15H2,1H3. The number of benzene rings is 1. The van der Waals surface area contributed by atoms with E-state index in [1.807, 2.05) is 31.2 Å². The minimum absolute atomic E-state index is 0.00180. The van der Waals surface area contributed by atoms with Crippen LogP contribution in [0.1, 0.15) is 12.5 Å². The smallest absolute Gasteiger partial charge is 0.260 e. The lowest BCUT2D eigenvalue weighted by Crippen LogP contribution is -2.46. The van der Waals surface area contributed by atoms with E-state index >= 15 is 0 Å². The van der Waals surface area contributed by atoms with Gasteiger partial charge in [0, 0.05) is 19.6 Å².